The van der Waals surface area contributed by atoms with Crippen molar-refractivity contribution in [3.05, 3.63) is 64.4 Å². The molecule has 0 bridgehead atoms. The number of aryl methyl sites for hydroxylation is 1. The second-order valence-corrected chi connectivity index (χ2v) is 7.45. The van der Waals surface area contributed by atoms with E-state index >= 15 is 0 Å². The van der Waals surface area contributed by atoms with Gasteiger partial charge in [0.2, 0.25) is 5.91 Å². The molecule has 1 amide bonds. The van der Waals surface area contributed by atoms with E-state index in [2.05, 4.69) is 10.3 Å². The van der Waals surface area contributed by atoms with Crippen LogP contribution >= 0.6 is 11.8 Å². The average molecular weight is 382 g/mol. The minimum Gasteiger partial charge on any atom is -0.353 e. The molecule has 0 radical (unpaired) electrons. The number of aromatic nitrogens is 2. The van der Waals surface area contributed by atoms with Gasteiger partial charge in [-0.25, -0.2) is 4.98 Å². The number of carbonyl (C=O) groups is 1. The standard InChI is InChI=1S/C21H23N3O2S/c1-4-15(3)22-19(25)13-27-21-23-17-11-7-6-10-16(17)20(26)24(21)18-12-8-5-9-14(18)2/h5-12,15H,4,13H2,1-3H3,(H,22,25)/t15-/m1/s1. The molecule has 0 saturated carbocycles. The molecule has 1 heterocycles. The van der Waals surface area contributed by atoms with E-state index in [1.807, 2.05) is 63.2 Å². The van der Waals surface area contributed by atoms with Crippen molar-refractivity contribution in [1.82, 2.24) is 14.9 Å². The first kappa shape index (κ1) is 19.2. The Morgan fingerprint density at radius 2 is 1.89 bits per heavy atom. The van der Waals surface area contributed by atoms with E-state index in [-0.39, 0.29) is 23.3 Å². The Kier molecular flexibility index (Phi) is 5.96. The summed E-state index contributed by atoms with van der Waals surface area (Å²) in [6, 6.07) is 15.1. The van der Waals surface area contributed by atoms with E-state index in [0.717, 1.165) is 17.7 Å². The number of para-hydroxylation sites is 2. The van der Waals surface area contributed by atoms with Crippen LogP contribution < -0.4 is 10.9 Å². The molecule has 0 fully saturated rings. The van der Waals surface area contributed by atoms with Gasteiger partial charge in [-0.2, -0.15) is 0 Å². The van der Waals surface area contributed by atoms with E-state index < -0.39 is 0 Å². The molecular formula is C21H23N3O2S. The van der Waals surface area contributed by atoms with Crippen LogP contribution in [-0.2, 0) is 4.79 Å². The maximum atomic E-state index is 13.2. The molecule has 3 rings (SSSR count). The van der Waals surface area contributed by atoms with E-state index in [1.54, 1.807) is 10.6 Å². The number of fused-ring (bicyclic) bond motifs is 1. The summed E-state index contributed by atoms with van der Waals surface area (Å²) >= 11 is 1.28. The third kappa shape index (κ3) is 4.22. The van der Waals surface area contributed by atoms with E-state index in [4.69, 9.17) is 0 Å². The highest BCUT2D eigenvalue weighted by molar-refractivity contribution is 7.99. The monoisotopic (exact) mass is 381 g/mol. The van der Waals surface area contributed by atoms with Crippen LogP contribution in [-0.4, -0.2) is 27.3 Å². The first-order chi connectivity index (χ1) is 13.0. The molecule has 0 aliphatic carbocycles. The second kappa shape index (κ2) is 8.39. The third-order valence-electron chi connectivity index (χ3n) is 4.45. The Bertz CT molecular complexity index is 1030. The van der Waals surface area contributed by atoms with Gasteiger partial charge in [0.25, 0.3) is 5.56 Å². The lowest BCUT2D eigenvalue weighted by Gasteiger charge is -2.15. The van der Waals surface area contributed by atoms with Crippen molar-refractivity contribution in [3.8, 4) is 5.69 Å². The third-order valence-corrected chi connectivity index (χ3v) is 5.39. The summed E-state index contributed by atoms with van der Waals surface area (Å²) in [5.74, 6) is 0.147. The normalized spacial score (nSPS) is 12.1. The van der Waals surface area contributed by atoms with Crippen LogP contribution in [0, 0.1) is 6.92 Å². The van der Waals surface area contributed by atoms with Crippen LogP contribution in [0.25, 0.3) is 16.6 Å². The molecule has 27 heavy (non-hydrogen) atoms. The highest BCUT2D eigenvalue weighted by atomic mass is 32.2. The molecule has 0 aliphatic heterocycles. The Balaban J connectivity index is 2.05. The van der Waals surface area contributed by atoms with Crippen LogP contribution in [0.2, 0.25) is 0 Å². The van der Waals surface area contributed by atoms with Gasteiger partial charge in [0.1, 0.15) is 0 Å². The maximum Gasteiger partial charge on any atom is 0.266 e. The van der Waals surface area contributed by atoms with Gasteiger partial charge in [-0.15, -0.1) is 0 Å². The number of rotatable bonds is 6. The summed E-state index contributed by atoms with van der Waals surface area (Å²) < 4.78 is 1.61. The number of benzene rings is 2. The van der Waals surface area contributed by atoms with Gasteiger partial charge in [0.15, 0.2) is 5.16 Å². The van der Waals surface area contributed by atoms with Gasteiger partial charge in [0.05, 0.1) is 22.3 Å². The van der Waals surface area contributed by atoms with Gasteiger partial charge in [-0.1, -0.05) is 49.0 Å². The molecule has 3 aromatic rings. The summed E-state index contributed by atoms with van der Waals surface area (Å²) in [7, 11) is 0. The summed E-state index contributed by atoms with van der Waals surface area (Å²) in [6.07, 6.45) is 0.874. The zero-order chi connectivity index (χ0) is 19.4. The molecule has 0 saturated heterocycles. The van der Waals surface area contributed by atoms with Crippen molar-refractivity contribution in [3.63, 3.8) is 0 Å². The number of hydrogen-bond donors (Lipinski definition) is 1. The largest absolute Gasteiger partial charge is 0.353 e. The van der Waals surface area contributed by atoms with Gasteiger partial charge >= 0.3 is 0 Å². The van der Waals surface area contributed by atoms with Gasteiger partial charge in [0, 0.05) is 6.04 Å². The molecule has 140 valence electrons. The number of carbonyl (C=O) groups excluding carboxylic acids is 1. The fourth-order valence-corrected chi connectivity index (χ4v) is 3.60. The summed E-state index contributed by atoms with van der Waals surface area (Å²) in [5.41, 5.74) is 2.27. The van der Waals surface area contributed by atoms with Crippen molar-refractivity contribution in [1.29, 1.82) is 0 Å². The number of nitrogens with one attached hydrogen (secondary N) is 1. The van der Waals surface area contributed by atoms with Crippen molar-refractivity contribution >= 4 is 28.6 Å². The second-order valence-electron chi connectivity index (χ2n) is 6.50. The average Bonchev–Trinajstić information content (AvgIpc) is 2.67. The minimum absolute atomic E-state index is 0.0620. The smallest absolute Gasteiger partial charge is 0.266 e. The fraction of sp³-hybridized carbons (Fsp3) is 0.286. The zero-order valence-electron chi connectivity index (χ0n) is 15.7. The van der Waals surface area contributed by atoms with Crippen molar-refractivity contribution in [2.45, 2.75) is 38.4 Å². The minimum atomic E-state index is -0.125. The molecule has 5 nitrogen and oxygen atoms in total. The molecule has 2 aromatic carbocycles. The molecule has 6 heteroatoms. The van der Waals surface area contributed by atoms with Gasteiger partial charge in [-0.3, -0.25) is 14.2 Å². The molecule has 0 unspecified atom stereocenters. The lowest BCUT2D eigenvalue weighted by molar-refractivity contribution is -0.119. The van der Waals surface area contributed by atoms with Crippen LogP contribution in [0.4, 0.5) is 0 Å². The lowest BCUT2D eigenvalue weighted by Crippen LogP contribution is -2.33. The SMILES string of the molecule is CC[C@@H](C)NC(=O)CSc1nc2ccccc2c(=O)n1-c1ccccc1C. The van der Waals surface area contributed by atoms with E-state index in [1.165, 1.54) is 11.8 Å². The predicted molar refractivity (Wildman–Crippen MR) is 111 cm³/mol. The summed E-state index contributed by atoms with van der Waals surface area (Å²) in [4.78, 5) is 30.1. The van der Waals surface area contributed by atoms with Crippen molar-refractivity contribution in [2.75, 3.05) is 5.75 Å². The maximum absolute atomic E-state index is 13.2. The number of nitrogens with zero attached hydrogens (tertiary/aromatic N) is 2. The summed E-state index contributed by atoms with van der Waals surface area (Å²) in [6.45, 7) is 5.96. The highest BCUT2D eigenvalue weighted by Crippen LogP contribution is 2.23. The van der Waals surface area contributed by atoms with Crippen LogP contribution in [0.5, 0.6) is 0 Å². The molecular weight excluding hydrogens is 358 g/mol. The quantitative estimate of drug-likeness (QED) is 0.522. The van der Waals surface area contributed by atoms with Crippen LogP contribution in [0.1, 0.15) is 25.8 Å². The lowest BCUT2D eigenvalue weighted by atomic mass is 10.2. The van der Waals surface area contributed by atoms with Crippen molar-refractivity contribution < 1.29 is 4.79 Å². The molecule has 1 N–H and O–H groups in total. The van der Waals surface area contributed by atoms with Crippen LogP contribution in [0.15, 0.2) is 58.5 Å². The topological polar surface area (TPSA) is 64.0 Å². The van der Waals surface area contributed by atoms with Gasteiger partial charge in [-0.05, 0) is 44.0 Å². The zero-order valence-corrected chi connectivity index (χ0v) is 16.5. The van der Waals surface area contributed by atoms with E-state index in [0.29, 0.717) is 16.1 Å². The Morgan fingerprint density at radius 3 is 2.63 bits per heavy atom. The fourth-order valence-electron chi connectivity index (χ4n) is 2.78. The Hall–Kier alpha value is -2.60. The summed E-state index contributed by atoms with van der Waals surface area (Å²) in [5, 5.41) is 4.03. The Morgan fingerprint density at radius 1 is 1.19 bits per heavy atom. The Labute approximate surface area is 162 Å². The number of amides is 1. The molecule has 1 atom stereocenters. The van der Waals surface area contributed by atoms with Crippen molar-refractivity contribution in [2.24, 2.45) is 0 Å². The molecule has 1 aromatic heterocycles. The number of hydrogen-bond acceptors (Lipinski definition) is 4. The first-order valence-corrected chi connectivity index (χ1v) is 9.99. The van der Waals surface area contributed by atoms with Crippen LogP contribution in [0.3, 0.4) is 0 Å². The molecule has 0 aliphatic rings. The first-order valence-electron chi connectivity index (χ1n) is 9.01. The highest BCUT2D eigenvalue weighted by Gasteiger charge is 2.16. The van der Waals surface area contributed by atoms with E-state index in [9.17, 15) is 9.59 Å². The number of thioether (sulfide) groups is 1. The van der Waals surface area contributed by atoms with Gasteiger partial charge < -0.3 is 5.32 Å². The molecule has 0 spiro atoms. The predicted octanol–water partition coefficient (Wildman–Crippen LogP) is 3.70.